The summed E-state index contributed by atoms with van der Waals surface area (Å²) in [7, 11) is -3.64. The van der Waals surface area contributed by atoms with Gasteiger partial charge in [0, 0.05) is 11.6 Å². The molecule has 0 unspecified atom stereocenters. The fourth-order valence-electron chi connectivity index (χ4n) is 2.70. The van der Waals surface area contributed by atoms with Crippen LogP contribution in [0.3, 0.4) is 0 Å². The third-order valence-electron chi connectivity index (χ3n) is 4.12. The normalized spacial score (nSPS) is 13.7. The molecule has 2 aromatic carbocycles. The summed E-state index contributed by atoms with van der Waals surface area (Å²) < 4.78 is 25.6. The molecule has 0 heterocycles. The Kier molecular flexibility index (Phi) is 6.67. The first kappa shape index (κ1) is 20.3. The molecule has 0 bridgehead atoms. The molecule has 0 aliphatic rings. The average molecular weight is 395 g/mol. The Morgan fingerprint density at radius 1 is 1.08 bits per heavy atom. The lowest BCUT2D eigenvalue weighted by molar-refractivity contribution is -0.121. The van der Waals surface area contributed by atoms with Crippen LogP contribution in [0.4, 0.5) is 5.69 Å². The molecule has 1 amide bonds. The van der Waals surface area contributed by atoms with Crippen LogP contribution in [0.1, 0.15) is 25.3 Å². The molecule has 2 aromatic rings. The van der Waals surface area contributed by atoms with E-state index >= 15 is 0 Å². The monoisotopic (exact) mass is 394 g/mol. The lowest BCUT2D eigenvalue weighted by Gasteiger charge is -2.28. The minimum atomic E-state index is -3.64. The lowest BCUT2D eigenvalue weighted by Crippen LogP contribution is -2.48. The molecular formula is C19H23ClN2O3S. The SMILES string of the molecule is C[C@H](CNC(=O)[C@H](C)N(c1ccc(Cl)cc1)S(C)(=O)=O)c1ccccc1. The maximum Gasteiger partial charge on any atom is 0.243 e. The summed E-state index contributed by atoms with van der Waals surface area (Å²) in [4.78, 5) is 12.6. The van der Waals surface area contributed by atoms with Crippen LogP contribution in [0.5, 0.6) is 0 Å². The van der Waals surface area contributed by atoms with E-state index in [0.29, 0.717) is 17.3 Å². The fourth-order valence-corrected chi connectivity index (χ4v) is 4.00. The molecule has 0 spiro atoms. The Hall–Kier alpha value is -2.05. The minimum absolute atomic E-state index is 0.120. The van der Waals surface area contributed by atoms with Gasteiger partial charge in [-0.1, -0.05) is 48.9 Å². The second kappa shape index (κ2) is 8.56. The molecule has 0 saturated heterocycles. The predicted octanol–water partition coefficient (Wildman–Crippen LogP) is 3.41. The summed E-state index contributed by atoms with van der Waals surface area (Å²) in [5, 5.41) is 3.34. The molecule has 0 aliphatic heterocycles. The van der Waals surface area contributed by atoms with Crippen LogP contribution >= 0.6 is 11.6 Å². The Morgan fingerprint density at radius 3 is 2.19 bits per heavy atom. The number of rotatable bonds is 7. The molecule has 1 N–H and O–H groups in total. The smallest absolute Gasteiger partial charge is 0.243 e. The van der Waals surface area contributed by atoms with Crippen molar-refractivity contribution in [2.24, 2.45) is 0 Å². The van der Waals surface area contributed by atoms with Crippen molar-refractivity contribution in [2.75, 3.05) is 17.1 Å². The van der Waals surface area contributed by atoms with Crippen molar-refractivity contribution >= 4 is 33.2 Å². The minimum Gasteiger partial charge on any atom is -0.354 e. The van der Waals surface area contributed by atoms with Crippen LogP contribution < -0.4 is 9.62 Å². The van der Waals surface area contributed by atoms with E-state index in [2.05, 4.69) is 5.32 Å². The summed E-state index contributed by atoms with van der Waals surface area (Å²) in [6.07, 6.45) is 1.08. The third-order valence-corrected chi connectivity index (χ3v) is 5.61. The number of halogens is 1. The standard InChI is InChI=1S/C19H23ClN2O3S/c1-14(16-7-5-4-6-8-16)13-21-19(23)15(2)22(26(3,24)25)18-11-9-17(20)10-12-18/h4-12,14-15H,13H2,1-3H3,(H,21,23)/t14-,15+/m1/s1. The number of anilines is 1. The van der Waals surface area contributed by atoms with Crippen LogP contribution in [0.25, 0.3) is 0 Å². The Balaban J connectivity index is 2.11. The second-order valence-electron chi connectivity index (χ2n) is 6.27. The average Bonchev–Trinajstić information content (AvgIpc) is 2.60. The molecule has 0 aromatic heterocycles. The van der Waals surface area contributed by atoms with Gasteiger partial charge in [-0.15, -0.1) is 0 Å². The molecule has 140 valence electrons. The van der Waals surface area contributed by atoms with E-state index in [1.807, 2.05) is 37.3 Å². The van der Waals surface area contributed by atoms with Gasteiger partial charge in [-0.3, -0.25) is 9.10 Å². The zero-order valence-electron chi connectivity index (χ0n) is 15.0. The van der Waals surface area contributed by atoms with Crippen molar-refractivity contribution < 1.29 is 13.2 Å². The molecule has 0 radical (unpaired) electrons. The highest BCUT2D eigenvalue weighted by Crippen LogP contribution is 2.23. The largest absolute Gasteiger partial charge is 0.354 e. The first-order valence-electron chi connectivity index (χ1n) is 8.27. The van der Waals surface area contributed by atoms with Crippen LogP contribution in [-0.2, 0) is 14.8 Å². The summed E-state index contributed by atoms with van der Waals surface area (Å²) in [6, 6.07) is 15.3. The van der Waals surface area contributed by atoms with Crippen molar-refractivity contribution in [3.63, 3.8) is 0 Å². The quantitative estimate of drug-likeness (QED) is 0.782. The van der Waals surface area contributed by atoms with Gasteiger partial charge < -0.3 is 5.32 Å². The zero-order chi connectivity index (χ0) is 19.3. The molecule has 2 rings (SSSR count). The Bertz CT molecular complexity index is 839. The van der Waals surface area contributed by atoms with Crippen molar-refractivity contribution in [2.45, 2.75) is 25.8 Å². The number of carbonyl (C=O) groups excluding carboxylic acids is 1. The second-order valence-corrected chi connectivity index (χ2v) is 8.56. The van der Waals surface area contributed by atoms with Gasteiger partial charge in [0.1, 0.15) is 6.04 Å². The molecule has 5 nitrogen and oxygen atoms in total. The van der Waals surface area contributed by atoms with E-state index in [0.717, 1.165) is 16.1 Å². The summed E-state index contributed by atoms with van der Waals surface area (Å²) in [5.74, 6) is -0.234. The number of nitrogens with one attached hydrogen (secondary N) is 1. The van der Waals surface area contributed by atoms with Crippen LogP contribution in [0.2, 0.25) is 5.02 Å². The molecule has 7 heteroatoms. The summed E-state index contributed by atoms with van der Waals surface area (Å²) in [6.45, 7) is 4.00. The maximum absolute atomic E-state index is 12.6. The lowest BCUT2D eigenvalue weighted by atomic mass is 10.0. The van der Waals surface area contributed by atoms with Crippen molar-refractivity contribution in [3.05, 3.63) is 65.2 Å². The molecule has 0 aliphatic carbocycles. The van der Waals surface area contributed by atoms with Gasteiger partial charge in [0.15, 0.2) is 0 Å². The first-order chi connectivity index (χ1) is 12.2. The van der Waals surface area contributed by atoms with Gasteiger partial charge in [0.25, 0.3) is 0 Å². The number of sulfonamides is 1. The molecule has 0 fully saturated rings. The van der Waals surface area contributed by atoms with Crippen molar-refractivity contribution in [3.8, 4) is 0 Å². The van der Waals surface area contributed by atoms with E-state index < -0.39 is 16.1 Å². The number of nitrogens with zero attached hydrogens (tertiary/aromatic N) is 1. The van der Waals surface area contributed by atoms with E-state index in [-0.39, 0.29) is 11.8 Å². The fraction of sp³-hybridized carbons (Fsp3) is 0.316. The van der Waals surface area contributed by atoms with E-state index in [9.17, 15) is 13.2 Å². The van der Waals surface area contributed by atoms with E-state index in [1.165, 1.54) is 0 Å². The number of benzene rings is 2. The van der Waals surface area contributed by atoms with Crippen molar-refractivity contribution in [1.29, 1.82) is 0 Å². The zero-order valence-corrected chi connectivity index (χ0v) is 16.6. The van der Waals surface area contributed by atoms with E-state index in [4.69, 9.17) is 11.6 Å². The van der Waals surface area contributed by atoms with Crippen LogP contribution in [0, 0.1) is 0 Å². The van der Waals surface area contributed by atoms with Crippen molar-refractivity contribution in [1.82, 2.24) is 5.32 Å². The number of hydrogen-bond acceptors (Lipinski definition) is 3. The number of amides is 1. The molecule has 0 saturated carbocycles. The van der Waals surface area contributed by atoms with Crippen LogP contribution in [-0.4, -0.2) is 33.2 Å². The predicted molar refractivity (Wildman–Crippen MR) is 106 cm³/mol. The Morgan fingerprint density at radius 2 is 1.65 bits per heavy atom. The first-order valence-corrected chi connectivity index (χ1v) is 10.5. The topological polar surface area (TPSA) is 66.5 Å². The summed E-state index contributed by atoms with van der Waals surface area (Å²) in [5.41, 5.74) is 1.51. The van der Waals surface area contributed by atoms with Gasteiger partial charge in [-0.2, -0.15) is 0 Å². The maximum atomic E-state index is 12.6. The highest BCUT2D eigenvalue weighted by molar-refractivity contribution is 7.92. The van der Waals surface area contributed by atoms with E-state index in [1.54, 1.807) is 31.2 Å². The van der Waals surface area contributed by atoms with Gasteiger partial charge in [-0.25, -0.2) is 8.42 Å². The summed E-state index contributed by atoms with van der Waals surface area (Å²) >= 11 is 5.87. The third kappa shape index (κ3) is 5.22. The van der Waals surface area contributed by atoms with Crippen LogP contribution in [0.15, 0.2) is 54.6 Å². The molecular weight excluding hydrogens is 372 g/mol. The highest BCUT2D eigenvalue weighted by Gasteiger charge is 2.29. The number of hydrogen-bond donors (Lipinski definition) is 1. The molecule has 2 atom stereocenters. The van der Waals surface area contributed by atoms with Gasteiger partial charge in [0.05, 0.1) is 11.9 Å². The van der Waals surface area contributed by atoms with Gasteiger partial charge in [-0.05, 0) is 42.7 Å². The van der Waals surface area contributed by atoms with Gasteiger partial charge >= 0.3 is 0 Å². The number of carbonyl (C=O) groups is 1. The van der Waals surface area contributed by atoms with Gasteiger partial charge in [0.2, 0.25) is 15.9 Å². The highest BCUT2D eigenvalue weighted by atomic mass is 35.5. The Labute approximate surface area is 160 Å². The molecule has 26 heavy (non-hydrogen) atoms.